The average molecular weight is 392 g/mol. The van der Waals surface area contributed by atoms with Gasteiger partial charge in [0.25, 0.3) is 0 Å². The fourth-order valence-electron chi connectivity index (χ4n) is 3.04. The number of hydrogen-bond donors (Lipinski definition) is 1. The van der Waals surface area contributed by atoms with Gasteiger partial charge in [0.05, 0.1) is 29.1 Å². The van der Waals surface area contributed by atoms with Crippen LogP contribution >= 0.6 is 11.6 Å². The van der Waals surface area contributed by atoms with Crippen molar-refractivity contribution in [3.05, 3.63) is 71.3 Å². The number of hydrogen-bond acceptors (Lipinski definition) is 5. The molecule has 0 spiro atoms. The van der Waals surface area contributed by atoms with Crippen molar-refractivity contribution in [3.63, 3.8) is 0 Å². The SMILES string of the molecule is COC(=O)c1c(N)c(C#N)cn1-c1cccc(-c2cn3cc(Cl)ccc3n2)c1. The Kier molecular flexibility index (Phi) is 4.26. The number of nitrogen functional groups attached to an aromatic ring is 1. The summed E-state index contributed by atoms with van der Waals surface area (Å²) in [6, 6.07) is 13.0. The molecule has 8 heteroatoms. The van der Waals surface area contributed by atoms with E-state index < -0.39 is 5.97 Å². The molecule has 7 nitrogen and oxygen atoms in total. The summed E-state index contributed by atoms with van der Waals surface area (Å²) < 4.78 is 8.22. The predicted octanol–water partition coefficient (Wildman–Crippen LogP) is 3.69. The van der Waals surface area contributed by atoms with Crippen molar-refractivity contribution in [2.45, 2.75) is 0 Å². The van der Waals surface area contributed by atoms with Gasteiger partial charge in [-0.05, 0) is 24.3 Å². The smallest absolute Gasteiger partial charge is 0.357 e. The summed E-state index contributed by atoms with van der Waals surface area (Å²) >= 11 is 6.04. The molecule has 138 valence electrons. The van der Waals surface area contributed by atoms with Gasteiger partial charge in [-0.15, -0.1) is 0 Å². The van der Waals surface area contributed by atoms with Crippen LogP contribution in [0.3, 0.4) is 0 Å². The normalized spacial score (nSPS) is 10.8. The van der Waals surface area contributed by atoms with E-state index in [2.05, 4.69) is 4.98 Å². The summed E-state index contributed by atoms with van der Waals surface area (Å²) in [6.07, 6.45) is 5.16. The van der Waals surface area contributed by atoms with Crippen molar-refractivity contribution in [2.75, 3.05) is 12.8 Å². The van der Waals surface area contributed by atoms with Crippen LogP contribution in [0, 0.1) is 11.3 Å². The molecule has 0 unspecified atom stereocenters. The lowest BCUT2D eigenvalue weighted by Gasteiger charge is -2.09. The fourth-order valence-corrected chi connectivity index (χ4v) is 3.21. The fraction of sp³-hybridized carbons (Fsp3) is 0.0500. The first-order valence-electron chi connectivity index (χ1n) is 8.26. The monoisotopic (exact) mass is 391 g/mol. The number of aromatic nitrogens is 3. The van der Waals surface area contributed by atoms with Crippen LogP contribution in [-0.2, 0) is 4.74 Å². The Balaban J connectivity index is 1.85. The van der Waals surface area contributed by atoms with E-state index in [9.17, 15) is 10.1 Å². The summed E-state index contributed by atoms with van der Waals surface area (Å²) in [7, 11) is 1.27. The van der Waals surface area contributed by atoms with Crippen LogP contribution in [0.15, 0.2) is 55.0 Å². The third kappa shape index (κ3) is 2.86. The number of ether oxygens (including phenoxy) is 1. The van der Waals surface area contributed by atoms with Gasteiger partial charge in [-0.3, -0.25) is 0 Å². The van der Waals surface area contributed by atoms with Crippen LogP contribution in [-0.4, -0.2) is 27.0 Å². The maximum Gasteiger partial charge on any atom is 0.357 e. The molecule has 1 aromatic carbocycles. The molecule has 4 aromatic rings. The number of nitrogens with two attached hydrogens (primary N) is 1. The van der Waals surface area contributed by atoms with E-state index in [0.717, 1.165) is 16.9 Å². The molecule has 3 aromatic heterocycles. The number of pyridine rings is 1. The van der Waals surface area contributed by atoms with E-state index >= 15 is 0 Å². The lowest BCUT2D eigenvalue weighted by molar-refractivity contribution is 0.0593. The number of nitrogens with zero attached hydrogens (tertiary/aromatic N) is 4. The van der Waals surface area contributed by atoms with Crippen LogP contribution in [0.5, 0.6) is 0 Å². The number of fused-ring (bicyclic) bond motifs is 1. The highest BCUT2D eigenvalue weighted by molar-refractivity contribution is 6.30. The van der Waals surface area contributed by atoms with E-state index in [1.807, 2.05) is 47.0 Å². The third-order valence-corrected chi connectivity index (χ3v) is 4.60. The zero-order valence-corrected chi connectivity index (χ0v) is 15.5. The van der Waals surface area contributed by atoms with Crippen LogP contribution in [0.25, 0.3) is 22.6 Å². The van der Waals surface area contributed by atoms with Gasteiger partial charge in [-0.1, -0.05) is 23.7 Å². The number of carbonyl (C=O) groups is 1. The highest BCUT2D eigenvalue weighted by Crippen LogP contribution is 2.28. The average Bonchev–Trinajstić information content (AvgIpc) is 3.28. The quantitative estimate of drug-likeness (QED) is 0.537. The van der Waals surface area contributed by atoms with Crippen LogP contribution in [0.1, 0.15) is 16.1 Å². The van der Waals surface area contributed by atoms with E-state index in [-0.39, 0.29) is 16.9 Å². The molecule has 0 radical (unpaired) electrons. The molecule has 0 atom stereocenters. The van der Waals surface area contributed by atoms with Crippen molar-refractivity contribution in [2.24, 2.45) is 0 Å². The lowest BCUT2D eigenvalue weighted by atomic mass is 10.1. The Labute approximate surface area is 165 Å². The number of methoxy groups -OCH3 is 1. The number of benzene rings is 1. The first-order valence-corrected chi connectivity index (χ1v) is 8.64. The van der Waals surface area contributed by atoms with Crippen LogP contribution < -0.4 is 5.73 Å². The molecule has 0 amide bonds. The van der Waals surface area contributed by atoms with Gasteiger partial charge in [0, 0.05) is 29.8 Å². The standard InChI is InChI=1S/C20H14ClN5O2/c1-28-20(27)19-18(23)13(8-22)9-26(19)15-4-2-3-12(7-15)16-11-25-10-14(21)5-6-17(25)24-16/h2-7,9-11H,23H2,1H3. The Morgan fingerprint density at radius 3 is 2.82 bits per heavy atom. The Morgan fingerprint density at radius 2 is 2.07 bits per heavy atom. The molecule has 0 saturated carbocycles. The molecular formula is C20H14ClN5O2. The number of nitriles is 1. The molecule has 0 aliphatic heterocycles. The number of halogens is 1. The molecule has 0 saturated heterocycles. The summed E-state index contributed by atoms with van der Waals surface area (Å²) in [6.45, 7) is 0. The van der Waals surface area contributed by atoms with Gasteiger partial charge in [-0.2, -0.15) is 5.26 Å². The molecule has 0 aliphatic rings. The van der Waals surface area contributed by atoms with Crippen molar-refractivity contribution >= 4 is 28.9 Å². The van der Waals surface area contributed by atoms with Gasteiger partial charge in [0.2, 0.25) is 0 Å². The predicted molar refractivity (Wildman–Crippen MR) is 105 cm³/mol. The maximum absolute atomic E-state index is 12.2. The zero-order valence-electron chi connectivity index (χ0n) is 14.8. The Bertz CT molecular complexity index is 1270. The topological polar surface area (TPSA) is 98.3 Å². The molecule has 0 aliphatic carbocycles. The molecular weight excluding hydrogens is 378 g/mol. The number of carbonyl (C=O) groups excluding carboxylic acids is 1. The second-order valence-corrected chi connectivity index (χ2v) is 6.50. The number of anilines is 1. The molecule has 28 heavy (non-hydrogen) atoms. The second kappa shape index (κ2) is 6.76. The minimum Gasteiger partial charge on any atom is -0.464 e. The summed E-state index contributed by atoms with van der Waals surface area (Å²) in [5, 5.41) is 9.89. The van der Waals surface area contributed by atoms with E-state index in [4.69, 9.17) is 22.1 Å². The zero-order chi connectivity index (χ0) is 19.8. The number of rotatable bonds is 3. The van der Waals surface area contributed by atoms with Crippen molar-refractivity contribution in [3.8, 4) is 23.0 Å². The number of esters is 1. The lowest BCUT2D eigenvalue weighted by Crippen LogP contribution is -2.11. The first-order chi connectivity index (χ1) is 13.5. The Morgan fingerprint density at radius 1 is 1.25 bits per heavy atom. The van der Waals surface area contributed by atoms with Gasteiger partial charge in [0.15, 0.2) is 5.69 Å². The van der Waals surface area contributed by atoms with Crippen LogP contribution in [0.2, 0.25) is 5.02 Å². The molecule has 2 N–H and O–H groups in total. The van der Waals surface area contributed by atoms with Gasteiger partial charge >= 0.3 is 5.97 Å². The summed E-state index contributed by atoms with van der Waals surface area (Å²) in [5.41, 5.74) is 9.35. The molecule has 4 rings (SSSR count). The minimum absolute atomic E-state index is 0.0853. The van der Waals surface area contributed by atoms with Crippen molar-refractivity contribution in [1.29, 1.82) is 5.26 Å². The molecule has 0 bridgehead atoms. The van der Waals surface area contributed by atoms with Crippen molar-refractivity contribution in [1.82, 2.24) is 14.0 Å². The van der Waals surface area contributed by atoms with E-state index in [0.29, 0.717) is 10.7 Å². The third-order valence-electron chi connectivity index (χ3n) is 4.38. The minimum atomic E-state index is -0.619. The summed E-state index contributed by atoms with van der Waals surface area (Å²) in [5.74, 6) is -0.619. The molecule has 0 fully saturated rings. The largest absolute Gasteiger partial charge is 0.464 e. The van der Waals surface area contributed by atoms with Gasteiger partial charge < -0.3 is 19.4 Å². The highest BCUT2D eigenvalue weighted by Gasteiger charge is 2.22. The second-order valence-electron chi connectivity index (χ2n) is 6.07. The summed E-state index contributed by atoms with van der Waals surface area (Å²) in [4.78, 5) is 16.8. The molecule has 3 heterocycles. The van der Waals surface area contributed by atoms with Gasteiger partial charge in [0.1, 0.15) is 11.7 Å². The number of imidazole rings is 1. The van der Waals surface area contributed by atoms with Crippen LogP contribution in [0.4, 0.5) is 5.69 Å². The van der Waals surface area contributed by atoms with E-state index in [1.165, 1.54) is 13.3 Å². The Hall–Kier alpha value is -3.76. The highest BCUT2D eigenvalue weighted by atomic mass is 35.5. The maximum atomic E-state index is 12.2. The van der Waals surface area contributed by atoms with E-state index in [1.54, 1.807) is 16.8 Å². The van der Waals surface area contributed by atoms with Gasteiger partial charge in [-0.25, -0.2) is 9.78 Å². The first kappa shape index (κ1) is 17.6. The van der Waals surface area contributed by atoms with Crippen molar-refractivity contribution < 1.29 is 9.53 Å².